The topological polar surface area (TPSA) is 49.4 Å². The summed E-state index contributed by atoms with van der Waals surface area (Å²) in [7, 11) is 0. The fraction of sp³-hybridized carbons (Fsp3) is 0.300. The first kappa shape index (κ1) is 17.7. The van der Waals surface area contributed by atoms with E-state index in [0.29, 0.717) is 18.7 Å². The quantitative estimate of drug-likeness (QED) is 0.836. The highest BCUT2D eigenvalue weighted by molar-refractivity contribution is 9.10. The van der Waals surface area contributed by atoms with Crippen molar-refractivity contribution in [3.8, 4) is 0 Å². The van der Waals surface area contributed by atoms with Gasteiger partial charge in [-0.2, -0.15) is 0 Å². The molecule has 0 aromatic heterocycles. The summed E-state index contributed by atoms with van der Waals surface area (Å²) >= 11 is 3.38. The van der Waals surface area contributed by atoms with Crippen LogP contribution < -0.4 is 5.32 Å². The average Bonchev–Trinajstić information content (AvgIpc) is 2.64. The number of halogens is 1. The monoisotopic (exact) mass is 400 g/mol. The molecule has 3 rings (SSSR count). The minimum absolute atomic E-state index is 0.00106. The number of hydrogen-bond donors (Lipinski definition) is 1. The van der Waals surface area contributed by atoms with Gasteiger partial charge in [0.25, 0.3) is 5.91 Å². The first-order chi connectivity index (χ1) is 12.0. The molecule has 130 valence electrons. The summed E-state index contributed by atoms with van der Waals surface area (Å²) in [6.07, 6.45) is 1.65. The van der Waals surface area contributed by atoms with E-state index >= 15 is 0 Å². The molecule has 2 aromatic rings. The summed E-state index contributed by atoms with van der Waals surface area (Å²) < 4.78 is 0.970. The summed E-state index contributed by atoms with van der Waals surface area (Å²) in [5.41, 5.74) is 2.58. The number of aryl methyl sites for hydroxylation is 1. The van der Waals surface area contributed by atoms with Crippen LogP contribution in [0.3, 0.4) is 0 Å². The second-order valence-corrected chi connectivity index (χ2v) is 7.37. The highest BCUT2D eigenvalue weighted by atomic mass is 79.9. The molecule has 1 atom stereocenters. The van der Waals surface area contributed by atoms with Crippen molar-refractivity contribution in [3.05, 3.63) is 64.1 Å². The van der Waals surface area contributed by atoms with Gasteiger partial charge in [-0.15, -0.1) is 0 Å². The molecule has 1 N–H and O–H groups in total. The second-order valence-electron chi connectivity index (χ2n) is 6.45. The van der Waals surface area contributed by atoms with Crippen molar-refractivity contribution in [2.75, 3.05) is 18.4 Å². The van der Waals surface area contributed by atoms with Gasteiger partial charge in [0.1, 0.15) is 0 Å². The predicted molar refractivity (Wildman–Crippen MR) is 103 cm³/mol. The summed E-state index contributed by atoms with van der Waals surface area (Å²) in [6.45, 7) is 3.17. The molecule has 0 radical (unpaired) electrons. The summed E-state index contributed by atoms with van der Waals surface area (Å²) in [6, 6.07) is 15.1. The van der Waals surface area contributed by atoms with E-state index < -0.39 is 0 Å². The van der Waals surface area contributed by atoms with Crippen LogP contribution in [0, 0.1) is 12.8 Å². The van der Waals surface area contributed by atoms with Crippen LogP contribution in [0.5, 0.6) is 0 Å². The number of nitrogens with zero attached hydrogens (tertiary/aromatic N) is 1. The van der Waals surface area contributed by atoms with Crippen molar-refractivity contribution in [3.63, 3.8) is 0 Å². The maximum atomic E-state index is 12.7. The molecular weight excluding hydrogens is 380 g/mol. The maximum absolute atomic E-state index is 12.7. The van der Waals surface area contributed by atoms with E-state index in [2.05, 4.69) is 21.2 Å². The molecule has 25 heavy (non-hydrogen) atoms. The van der Waals surface area contributed by atoms with Crippen LogP contribution in [0.4, 0.5) is 5.69 Å². The molecular formula is C20H21BrN2O2. The highest BCUT2D eigenvalue weighted by Crippen LogP contribution is 2.21. The fourth-order valence-electron chi connectivity index (χ4n) is 3.03. The number of nitrogens with one attached hydrogen (secondary N) is 1. The molecule has 0 aliphatic carbocycles. The van der Waals surface area contributed by atoms with Gasteiger partial charge >= 0.3 is 0 Å². The molecule has 1 fully saturated rings. The van der Waals surface area contributed by atoms with E-state index in [1.807, 2.05) is 55.5 Å². The number of likely N-dealkylation sites (tertiary alicyclic amines) is 1. The summed E-state index contributed by atoms with van der Waals surface area (Å²) in [4.78, 5) is 27.0. The van der Waals surface area contributed by atoms with Crippen molar-refractivity contribution < 1.29 is 9.59 Å². The normalized spacial score (nSPS) is 17.2. The largest absolute Gasteiger partial charge is 0.338 e. The lowest BCUT2D eigenvalue weighted by molar-refractivity contribution is -0.121. The second kappa shape index (κ2) is 7.83. The Bertz CT molecular complexity index is 756. The van der Waals surface area contributed by atoms with Gasteiger partial charge < -0.3 is 10.2 Å². The van der Waals surface area contributed by atoms with Crippen LogP contribution in [0.2, 0.25) is 0 Å². The van der Waals surface area contributed by atoms with Crippen molar-refractivity contribution in [1.29, 1.82) is 0 Å². The van der Waals surface area contributed by atoms with Gasteiger partial charge in [-0.05, 0) is 56.2 Å². The lowest BCUT2D eigenvalue weighted by Crippen LogP contribution is -2.43. The van der Waals surface area contributed by atoms with Crippen molar-refractivity contribution >= 4 is 33.4 Å². The number of carbonyl (C=O) groups is 2. The van der Waals surface area contributed by atoms with Gasteiger partial charge in [0, 0.05) is 28.8 Å². The van der Waals surface area contributed by atoms with E-state index in [9.17, 15) is 9.59 Å². The van der Waals surface area contributed by atoms with Crippen molar-refractivity contribution in [2.45, 2.75) is 19.8 Å². The molecule has 1 saturated heterocycles. The average molecular weight is 401 g/mol. The molecule has 4 nitrogen and oxygen atoms in total. The van der Waals surface area contributed by atoms with Gasteiger partial charge in [0.2, 0.25) is 5.91 Å². The summed E-state index contributed by atoms with van der Waals surface area (Å²) in [5, 5.41) is 2.95. The summed E-state index contributed by atoms with van der Waals surface area (Å²) in [5.74, 6) is -0.198. The minimum Gasteiger partial charge on any atom is -0.338 e. The fourth-order valence-corrected chi connectivity index (χ4v) is 3.30. The van der Waals surface area contributed by atoms with Crippen LogP contribution >= 0.6 is 15.9 Å². The third-order valence-electron chi connectivity index (χ3n) is 4.49. The molecule has 1 aliphatic heterocycles. The van der Waals surface area contributed by atoms with Crippen molar-refractivity contribution in [1.82, 2.24) is 4.90 Å². The predicted octanol–water partition coefficient (Wildman–Crippen LogP) is 4.25. The van der Waals surface area contributed by atoms with E-state index in [1.54, 1.807) is 4.90 Å². The molecule has 1 heterocycles. The Morgan fingerprint density at radius 3 is 2.44 bits per heavy atom. The first-order valence-electron chi connectivity index (χ1n) is 8.45. The van der Waals surface area contributed by atoms with E-state index in [4.69, 9.17) is 0 Å². The van der Waals surface area contributed by atoms with Crippen LogP contribution in [-0.4, -0.2) is 29.8 Å². The number of piperidine rings is 1. The Morgan fingerprint density at radius 1 is 1.08 bits per heavy atom. The third-order valence-corrected chi connectivity index (χ3v) is 5.02. The number of carbonyl (C=O) groups excluding carboxylic acids is 2. The Hall–Kier alpha value is -2.14. The smallest absolute Gasteiger partial charge is 0.253 e. The highest BCUT2D eigenvalue weighted by Gasteiger charge is 2.28. The van der Waals surface area contributed by atoms with E-state index in [-0.39, 0.29) is 17.7 Å². The zero-order chi connectivity index (χ0) is 17.8. The molecule has 0 bridgehead atoms. The Kier molecular flexibility index (Phi) is 5.53. The standard InChI is InChI=1S/C20H21BrN2O2/c1-14-4-6-15(7-5-14)20(25)23-12-2-3-16(13-23)19(24)22-18-10-8-17(21)9-11-18/h4-11,16H,2-3,12-13H2,1H3,(H,22,24). The maximum Gasteiger partial charge on any atom is 0.253 e. The van der Waals surface area contributed by atoms with E-state index in [0.717, 1.165) is 28.6 Å². The molecule has 2 aromatic carbocycles. The van der Waals surface area contributed by atoms with Gasteiger partial charge in [-0.25, -0.2) is 0 Å². The number of amides is 2. The first-order valence-corrected chi connectivity index (χ1v) is 9.24. The lowest BCUT2D eigenvalue weighted by Gasteiger charge is -2.32. The molecule has 1 unspecified atom stereocenters. The Balaban J connectivity index is 1.63. The van der Waals surface area contributed by atoms with Gasteiger partial charge in [0.05, 0.1) is 5.92 Å². The van der Waals surface area contributed by atoms with Crippen LogP contribution in [-0.2, 0) is 4.79 Å². The Labute approximate surface area is 156 Å². The van der Waals surface area contributed by atoms with Gasteiger partial charge in [0.15, 0.2) is 0 Å². The molecule has 0 spiro atoms. The Morgan fingerprint density at radius 2 is 1.76 bits per heavy atom. The lowest BCUT2D eigenvalue weighted by atomic mass is 9.96. The van der Waals surface area contributed by atoms with Gasteiger partial charge in [-0.1, -0.05) is 33.6 Å². The number of anilines is 1. The molecule has 2 amide bonds. The van der Waals surface area contributed by atoms with E-state index in [1.165, 1.54) is 0 Å². The number of rotatable bonds is 3. The number of benzene rings is 2. The minimum atomic E-state index is -0.174. The van der Waals surface area contributed by atoms with Crippen molar-refractivity contribution in [2.24, 2.45) is 5.92 Å². The zero-order valence-corrected chi connectivity index (χ0v) is 15.8. The number of hydrogen-bond acceptors (Lipinski definition) is 2. The molecule has 5 heteroatoms. The van der Waals surface area contributed by atoms with Crippen LogP contribution in [0.1, 0.15) is 28.8 Å². The molecule has 0 saturated carbocycles. The zero-order valence-electron chi connectivity index (χ0n) is 14.2. The van der Waals surface area contributed by atoms with Gasteiger partial charge in [-0.3, -0.25) is 9.59 Å². The van der Waals surface area contributed by atoms with Crippen LogP contribution in [0.25, 0.3) is 0 Å². The third kappa shape index (κ3) is 4.48. The SMILES string of the molecule is Cc1ccc(C(=O)N2CCCC(C(=O)Nc3ccc(Br)cc3)C2)cc1. The van der Waals surface area contributed by atoms with Crippen LogP contribution in [0.15, 0.2) is 53.0 Å². The molecule has 1 aliphatic rings.